The van der Waals surface area contributed by atoms with Crippen LogP contribution in [0.3, 0.4) is 0 Å². The van der Waals surface area contributed by atoms with E-state index >= 15 is 0 Å². The van der Waals surface area contributed by atoms with Gasteiger partial charge in [-0.2, -0.15) is 0 Å². The molecule has 19 heavy (non-hydrogen) atoms. The molecule has 0 atom stereocenters. The van der Waals surface area contributed by atoms with Crippen LogP contribution in [0.25, 0.3) is 0 Å². The molecule has 0 aromatic heterocycles. The highest BCUT2D eigenvalue weighted by Gasteiger charge is 2.12. The number of hydrogen-bond donors (Lipinski definition) is 1. The first-order chi connectivity index (χ1) is 9.34. The third kappa shape index (κ3) is 2.62. The fraction of sp³-hybridized carbons (Fsp3) is 0.294. The predicted octanol–water partition coefficient (Wildman–Crippen LogP) is 3.97. The largest absolute Gasteiger partial charge is 0.385 e. The minimum Gasteiger partial charge on any atom is -0.385 e. The molecule has 0 radical (unpaired) electrons. The number of halogens is 1. The predicted molar refractivity (Wildman–Crippen MR) is 77.1 cm³/mol. The Bertz CT molecular complexity index is 577. The lowest BCUT2D eigenvalue weighted by Crippen LogP contribution is -2.14. The number of nitrogens with one attached hydrogen (secondary N) is 1. The first-order valence-corrected chi connectivity index (χ1v) is 6.92. The van der Waals surface area contributed by atoms with E-state index in [1.54, 1.807) is 6.07 Å². The number of para-hydroxylation sites is 1. The third-order valence-corrected chi connectivity index (χ3v) is 3.78. The van der Waals surface area contributed by atoms with Gasteiger partial charge in [-0.15, -0.1) is 0 Å². The second-order valence-corrected chi connectivity index (χ2v) is 5.07. The van der Waals surface area contributed by atoms with Crippen molar-refractivity contribution in [1.29, 1.82) is 0 Å². The van der Waals surface area contributed by atoms with Crippen molar-refractivity contribution in [2.75, 3.05) is 11.9 Å². The van der Waals surface area contributed by atoms with Crippen LogP contribution in [0.4, 0.5) is 10.1 Å². The maximum Gasteiger partial charge on any atom is 0.126 e. The number of aryl methyl sites for hydroxylation is 3. The summed E-state index contributed by atoms with van der Waals surface area (Å²) in [5.74, 6) is -0.0970. The van der Waals surface area contributed by atoms with Crippen molar-refractivity contribution in [1.82, 2.24) is 0 Å². The maximum absolute atomic E-state index is 13.6. The van der Waals surface area contributed by atoms with Gasteiger partial charge in [0.1, 0.15) is 5.82 Å². The van der Waals surface area contributed by atoms with Crippen LogP contribution in [0.1, 0.15) is 23.1 Å². The topological polar surface area (TPSA) is 12.0 Å². The van der Waals surface area contributed by atoms with Gasteiger partial charge >= 0.3 is 0 Å². The quantitative estimate of drug-likeness (QED) is 0.875. The minimum absolute atomic E-state index is 0.0970. The van der Waals surface area contributed by atoms with E-state index in [0.29, 0.717) is 0 Å². The van der Waals surface area contributed by atoms with Gasteiger partial charge in [0.05, 0.1) is 0 Å². The molecule has 2 heteroatoms. The van der Waals surface area contributed by atoms with Gasteiger partial charge in [-0.1, -0.05) is 36.4 Å². The molecule has 1 N–H and O–H groups in total. The zero-order valence-electron chi connectivity index (χ0n) is 11.0. The molecule has 0 spiro atoms. The van der Waals surface area contributed by atoms with Gasteiger partial charge < -0.3 is 5.32 Å². The van der Waals surface area contributed by atoms with Crippen LogP contribution in [-0.2, 0) is 19.3 Å². The van der Waals surface area contributed by atoms with E-state index in [1.807, 2.05) is 12.1 Å². The van der Waals surface area contributed by atoms with E-state index in [0.717, 1.165) is 31.4 Å². The smallest absolute Gasteiger partial charge is 0.126 e. The highest BCUT2D eigenvalue weighted by Crippen LogP contribution is 2.27. The summed E-state index contributed by atoms with van der Waals surface area (Å²) in [7, 11) is 0. The SMILES string of the molecule is Fc1ccccc1CCc1cccc2c1NCCC2. The number of rotatable bonds is 3. The van der Waals surface area contributed by atoms with Crippen molar-refractivity contribution >= 4 is 5.69 Å². The molecule has 0 aliphatic carbocycles. The van der Waals surface area contributed by atoms with Crippen LogP contribution in [-0.4, -0.2) is 6.54 Å². The number of fused-ring (bicyclic) bond motifs is 1. The lowest BCUT2D eigenvalue weighted by molar-refractivity contribution is 0.608. The van der Waals surface area contributed by atoms with Crippen molar-refractivity contribution in [2.45, 2.75) is 25.7 Å². The Morgan fingerprint density at radius 1 is 0.947 bits per heavy atom. The Labute approximate surface area is 113 Å². The molecule has 0 saturated carbocycles. The lowest BCUT2D eigenvalue weighted by atomic mass is 9.95. The Balaban J connectivity index is 1.79. The molecule has 0 fully saturated rings. The first-order valence-electron chi connectivity index (χ1n) is 6.92. The summed E-state index contributed by atoms with van der Waals surface area (Å²) in [5.41, 5.74) is 4.79. The van der Waals surface area contributed by atoms with Crippen molar-refractivity contribution in [3.63, 3.8) is 0 Å². The minimum atomic E-state index is -0.0970. The molecule has 1 aliphatic heterocycles. The number of benzene rings is 2. The van der Waals surface area contributed by atoms with E-state index in [4.69, 9.17) is 0 Å². The van der Waals surface area contributed by atoms with Gasteiger partial charge in [-0.3, -0.25) is 0 Å². The maximum atomic E-state index is 13.6. The standard InChI is InChI=1S/C17H18FN/c18-16-9-2-1-5-13(16)10-11-15-7-3-6-14-8-4-12-19-17(14)15/h1-3,5-7,9,19H,4,8,10-12H2. The Hall–Kier alpha value is -1.83. The van der Waals surface area contributed by atoms with E-state index in [9.17, 15) is 4.39 Å². The summed E-state index contributed by atoms with van der Waals surface area (Å²) in [5, 5.41) is 3.49. The van der Waals surface area contributed by atoms with Crippen LogP contribution in [0.5, 0.6) is 0 Å². The molecule has 1 heterocycles. The van der Waals surface area contributed by atoms with Crippen LogP contribution < -0.4 is 5.32 Å². The monoisotopic (exact) mass is 255 g/mol. The first kappa shape index (κ1) is 12.2. The summed E-state index contributed by atoms with van der Waals surface area (Å²) in [6.07, 6.45) is 3.99. The summed E-state index contributed by atoms with van der Waals surface area (Å²) in [6.45, 7) is 1.05. The molecule has 0 unspecified atom stereocenters. The normalized spacial score (nSPS) is 13.7. The van der Waals surface area contributed by atoms with Crippen molar-refractivity contribution in [3.8, 4) is 0 Å². The average Bonchev–Trinajstić information content (AvgIpc) is 2.46. The highest BCUT2D eigenvalue weighted by atomic mass is 19.1. The second kappa shape index (κ2) is 5.43. The summed E-state index contributed by atoms with van der Waals surface area (Å²) >= 11 is 0. The molecule has 0 bridgehead atoms. The summed E-state index contributed by atoms with van der Waals surface area (Å²) < 4.78 is 13.6. The molecule has 1 nitrogen and oxygen atoms in total. The van der Waals surface area contributed by atoms with Gasteiger partial charge in [0.25, 0.3) is 0 Å². The van der Waals surface area contributed by atoms with E-state index in [1.165, 1.54) is 29.3 Å². The Morgan fingerprint density at radius 2 is 1.74 bits per heavy atom. The van der Waals surface area contributed by atoms with Crippen molar-refractivity contribution < 1.29 is 4.39 Å². The van der Waals surface area contributed by atoms with Crippen LogP contribution >= 0.6 is 0 Å². The number of hydrogen-bond acceptors (Lipinski definition) is 1. The fourth-order valence-electron chi connectivity index (χ4n) is 2.76. The zero-order valence-corrected chi connectivity index (χ0v) is 11.0. The van der Waals surface area contributed by atoms with E-state index < -0.39 is 0 Å². The van der Waals surface area contributed by atoms with Gasteiger partial charge in [0.15, 0.2) is 0 Å². The molecule has 98 valence electrons. The van der Waals surface area contributed by atoms with Crippen LogP contribution in [0, 0.1) is 5.82 Å². The van der Waals surface area contributed by atoms with Gasteiger partial charge in [-0.25, -0.2) is 4.39 Å². The molecule has 0 amide bonds. The third-order valence-electron chi connectivity index (χ3n) is 3.78. The van der Waals surface area contributed by atoms with E-state index in [-0.39, 0.29) is 5.82 Å². The van der Waals surface area contributed by atoms with Gasteiger partial charge in [0.2, 0.25) is 0 Å². The second-order valence-electron chi connectivity index (χ2n) is 5.07. The molecule has 0 saturated heterocycles. The van der Waals surface area contributed by atoms with Crippen molar-refractivity contribution in [2.24, 2.45) is 0 Å². The van der Waals surface area contributed by atoms with Crippen molar-refractivity contribution in [3.05, 3.63) is 65.0 Å². The number of anilines is 1. The summed E-state index contributed by atoms with van der Waals surface area (Å²) in [6, 6.07) is 13.5. The average molecular weight is 255 g/mol. The Kier molecular flexibility index (Phi) is 3.49. The van der Waals surface area contributed by atoms with Crippen LogP contribution in [0.2, 0.25) is 0 Å². The molecule has 1 aliphatic rings. The molecule has 2 aromatic rings. The van der Waals surface area contributed by atoms with E-state index in [2.05, 4.69) is 23.5 Å². The van der Waals surface area contributed by atoms with Crippen LogP contribution in [0.15, 0.2) is 42.5 Å². The molecular weight excluding hydrogens is 237 g/mol. The summed E-state index contributed by atoms with van der Waals surface area (Å²) in [4.78, 5) is 0. The molecule has 2 aromatic carbocycles. The molecular formula is C17H18FN. The lowest BCUT2D eigenvalue weighted by Gasteiger charge is -2.21. The fourth-order valence-corrected chi connectivity index (χ4v) is 2.76. The molecule has 3 rings (SSSR count). The zero-order chi connectivity index (χ0) is 13.1. The van der Waals surface area contributed by atoms with Gasteiger partial charge in [0, 0.05) is 12.2 Å². The van der Waals surface area contributed by atoms with Gasteiger partial charge in [-0.05, 0) is 48.4 Å². The Morgan fingerprint density at radius 3 is 2.63 bits per heavy atom. The highest BCUT2D eigenvalue weighted by molar-refractivity contribution is 5.59.